The molecule has 15 rings (SSSR count). The van der Waals surface area contributed by atoms with E-state index in [1.165, 1.54) is 129 Å². The van der Waals surface area contributed by atoms with Crippen molar-refractivity contribution in [3.05, 3.63) is 188 Å². The van der Waals surface area contributed by atoms with Crippen molar-refractivity contribution in [1.82, 2.24) is 13.5 Å². The molecule has 0 atom stereocenters. The number of fused-ring (bicyclic) bond motifs is 20. The van der Waals surface area contributed by atoms with Crippen molar-refractivity contribution in [2.45, 2.75) is 0 Å². The van der Waals surface area contributed by atoms with Gasteiger partial charge in [-0.3, -0.25) is 0 Å². The molecule has 10 aromatic carbocycles. The third kappa shape index (κ3) is 3.77. The minimum Gasteiger partial charge on any atom is -0.308 e. The highest BCUT2D eigenvalue weighted by Crippen LogP contribution is 2.50. The Kier molecular flexibility index (Phi) is 5.79. The average Bonchev–Trinajstić information content (AvgIpc) is 4.10. The fraction of sp³-hybridized carbons (Fsp3) is 0. The summed E-state index contributed by atoms with van der Waals surface area (Å²) in [4.78, 5) is 0. The first-order valence-electron chi connectivity index (χ1n) is 20.7. The maximum Gasteiger partial charge on any atom is 0.0661 e. The second kappa shape index (κ2) is 11.1. The maximum atomic E-state index is 2.59. The highest BCUT2D eigenvalue weighted by Gasteiger charge is 2.27. The van der Waals surface area contributed by atoms with Crippen LogP contribution in [0.5, 0.6) is 0 Å². The number of hydrogen-bond acceptors (Lipinski definition) is 1. The fourth-order valence-corrected chi connectivity index (χ4v) is 12.3. The second-order valence-corrected chi connectivity index (χ2v) is 17.5. The third-order valence-corrected chi connectivity index (χ3v) is 14.7. The van der Waals surface area contributed by atoms with E-state index in [-0.39, 0.29) is 0 Å². The predicted octanol–water partition coefficient (Wildman–Crippen LogP) is 15.7. The van der Waals surface area contributed by atoms with Crippen LogP contribution in [0.4, 0.5) is 0 Å². The number of rotatable bonds is 2. The highest BCUT2D eigenvalue weighted by molar-refractivity contribution is 7.26. The van der Waals surface area contributed by atoms with Gasteiger partial charge in [0.1, 0.15) is 0 Å². The number of nitrogens with zero attached hydrogens (tertiary/aromatic N) is 3. The molecule has 0 N–H and O–H groups in total. The van der Waals surface area contributed by atoms with Crippen molar-refractivity contribution >= 4 is 135 Å². The minimum absolute atomic E-state index is 1.16. The van der Waals surface area contributed by atoms with E-state index in [4.69, 9.17) is 0 Å². The van der Waals surface area contributed by atoms with E-state index in [0.717, 1.165) is 5.69 Å². The van der Waals surface area contributed by atoms with Crippen molar-refractivity contribution in [2.75, 3.05) is 0 Å². The van der Waals surface area contributed by atoms with Crippen molar-refractivity contribution in [3.8, 4) is 11.4 Å². The Morgan fingerprint density at radius 2 is 0.883 bits per heavy atom. The molecule has 0 saturated heterocycles. The molecule has 4 heteroatoms. The Morgan fingerprint density at radius 1 is 0.317 bits per heavy atom. The van der Waals surface area contributed by atoms with Crippen LogP contribution in [0.15, 0.2) is 188 Å². The first-order valence-corrected chi connectivity index (χ1v) is 21.5. The monoisotopic (exact) mass is 777 g/mol. The van der Waals surface area contributed by atoms with Gasteiger partial charge in [0.05, 0.1) is 49.0 Å². The Bertz CT molecular complexity index is 4360. The van der Waals surface area contributed by atoms with E-state index in [1.807, 2.05) is 11.3 Å². The molecule has 0 bridgehead atoms. The Labute approximate surface area is 346 Å². The van der Waals surface area contributed by atoms with Gasteiger partial charge in [-0.25, -0.2) is 0 Å². The molecule has 60 heavy (non-hydrogen) atoms. The SMILES string of the molecule is c1ccc2c(c1)ccc1c2c2ccccc2n1-c1cc(-n2c3ccccc3c3cc4c5ccccc5n5c6ccc7ccccc7c6c(c32)c45)cc2c1sc1ccccc12. The zero-order valence-electron chi connectivity index (χ0n) is 32.1. The van der Waals surface area contributed by atoms with E-state index in [2.05, 4.69) is 202 Å². The molecule has 276 valence electrons. The molecule has 3 nitrogen and oxygen atoms in total. The summed E-state index contributed by atoms with van der Waals surface area (Å²) in [5.41, 5.74) is 11.0. The molecule has 0 aliphatic rings. The summed E-state index contributed by atoms with van der Waals surface area (Å²) >= 11 is 1.90. The van der Waals surface area contributed by atoms with E-state index >= 15 is 0 Å². The average molecular weight is 778 g/mol. The van der Waals surface area contributed by atoms with Crippen LogP contribution in [-0.2, 0) is 0 Å². The predicted molar refractivity (Wildman–Crippen MR) is 258 cm³/mol. The highest BCUT2D eigenvalue weighted by atomic mass is 32.1. The van der Waals surface area contributed by atoms with E-state index in [9.17, 15) is 0 Å². The van der Waals surface area contributed by atoms with Gasteiger partial charge in [-0.1, -0.05) is 133 Å². The van der Waals surface area contributed by atoms with Crippen LogP contribution in [-0.4, -0.2) is 13.5 Å². The van der Waals surface area contributed by atoms with Gasteiger partial charge in [0.15, 0.2) is 0 Å². The van der Waals surface area contributed by atoms with Crippen molar-refractivity contribution in [2.24, 2.45) is 0 Å². The van der Waals surface area contributed by atoms with Crippen molar-refractivity contribution < 1.29 is 0 Å². The number of thiophene rings is 1. The van der Waals surface area contributed by atoms with Gasteiger partial charge < -0.3 is 13.5 Å². The lowest BCUT2D eigenvalue weighted by Gasteiger charge is -2.15. The van der Waals surface area contributed by atoms with Crippen LogP contribution in [0.25, 0.3) is 135 Å². The third-order valence-electron chi connectivity index (χ3n) is 13.5. The molecule has 0 aliphatic carbocycles. The Hall–Kier alpha value is -7.66. The van der Waals surface area contributed by atoms with Crippen LogP contribution in [0.3, 0.4) is 0 Å². The molecule has 5 aromatic heterocycles. The van der Waals surface area contributed by atoms with Gasteiger partial charge >= 0.3 is 0 Å². The van der Waals surface area contributed by atoms with E-state index < -0.39 is 0 Å². The molecule has 0 spiro atoms. The topological polar surface area (TPSA) is 14.3 Å². The maximum absolute atomic E-state index is 2.59. The largest absolute Gasteiger partial charge is 0.308 e. The van der Waals surface area contributed by atoms with Gasteiger partial charge in [-0.15, -0.1) is 11.3 Å². The summed E-state index contributed by atoms with van der Waals surface area (Å²) in [5.74, 6) is 0. The van der Waals surface area contributed by atoms with Gasteiger partial charge in [0, 0.05) is 64.2 Å². The zero-order valence-corrected chi connectivity index (χ0v) is 33.0. The van der Waals surface area contributed by atoms with E-state index in [0.29, 0.717) is 0 Å². The van der Waals surface area contributed by atoms with Crippen LogP contribution < -0.4 is 0 Å². The van der Waals surface area contributed by atoms with Crippen LogP contribution in [0.2, 0.25) is 0 Å². The molecule has 5 heterocycles. The van der Waals surface area contributed by atoms with Gasteiger partial charge in [-0.2, -0.15) is 0 Å². The van der Waals surface area contributed by atoms with Crippen LogP contribution in [0, 0.1) is 0 Å². The van der Waals surface area contributed by atoms with Crippen LogP contribution >= 0.6 is 11.3 Å². The smallest absolute Gasteiger partial charge is 0.0661 e. The summed E-state index contributed by atoms with van der Waals surface area (Å²) in [6.45, 7) is 0. The lowest BCUT2D eigenvalue weighted by molar-refractivity contribution is 1.16. The van der Waals surface area contributed by atoms with Crippen LogP contribution in [0.1, 0.15) is 0 Å². The summed E-state index contributed by atoms with van der Waals surface area (Å²) in [7, 11) is 0. The molecule has 0 amide bonds. The fourth-order valence-electron chi connectivity index (χ4n) is 11.1. The minimum atomic E-state index is 1.16. The molecule has 0 aliphatic heterocycles. The molecule has 0 saturated carbocycles. The Morgan fingerprint density at radius 3 is 1.65 bits per heavy atom. The summed E-state index contributed by atoms with van der Waals surface area (Å²) in [6, 6.07) is 70.3. The standard InChI is InChI=1S/C56H31N3S/c1-3-15-35-32(13-1)25-27-47-51(35)40-20-7-11-23-46(40)58(47)49-30-34(29-43-39-19-8-12-24-50(39)60-56(43)49)57-44-21-9-5-17-37(44)41-31-42-38-18-6-10-22-45(38)59-48-28-26-33-14-2-4-16-36(33)52(48)53(54(41)57)55(42)59/h1-31H. The summed E-state index contributed by atoms with van der Waals surface area (Å²) < 4.78 is 10.3. The van der Waals surface area contributed by atoms with Crippen molar-refractivity contribution in [3.63, 3.8) is 0 Å². The zero-order chi connectivity index (χ0) is 38.8. The number of benzene rings is 10. The molecule has 15 aromatic rings. The normalized spacial score (nSPS) is 12.7. The second-order valence-electron chi connectivity index (χ2n) is 16.4. The lowest BCUT2D eigenvalue weighted by Crippen LogP contribution is -1.99. The number of hydrogen-bond donors (Lipinski definition) is 0. The molecule has 0 fully saturated rings. The van der Waals surface area contributed by atoms with Gasteiger partial charge in [0.2, 0.25) is 0 Å². The molecular formula is C56H31N3S. The Balaban J connectivity index is 1.18. The number of para-hydroxylation sites is 3. The first-order chi connectivity index (χ1) is 29.8. The summed E-state index contributed by atoms with van der Waals surface area (Å²) in [6.07, 6.45) is 0. The number of aromatic nitrogens is 3. The molecule has 0 unspecified atom stereocenters. The first kappa shape index (κ1) is 31.3. The van der Waals surface area contributed by atoms with Crippen molar-refractivity contribution in [1.29, 1.82) is 0 Å². The van der Waals surface area contributed by atoms with E-state index in [1.54, 1.807) is 0 Å². The van der Waals surface area contributed by atoms with Gasteiger partial charge in [0.25, 0.3) is 0 Å². The quantitative estimate of drug-likeness (QED) is 0.166. The van der Waals surface area contributed by atoms with Gasteiger partial charge in [-0.05, 0) is 76.1 Å². The molecule has 0 radical (unpaired) electrons. The summed E-state index contributed by atoms with van der Waals surface area (Å²) in [5, 5.41) is 18.0. The molecular weight excluding hydrogens is 747 g/mol. The lowest BCUT2D eigenvalue weighted by atomic mass is 9.99.